The molecule has 0 radical (unpaired) electrons. The van der Waals surface area contributed by atoms with Crippen molar-refractivity contribution in [2.45, 2.75) is 10.9 Å². The van der Waals surface area contributed by atoms with Gasteiger partial charge in [-0.25, -0.2) is 9.78 Å². The number of thioether (sulfide) groups is 1. The molecule has 2 rings (SSSR count). The number of aromatic nitrogens is 2. The second-order valence-electron chi connectivity index (χ2n) is 3.52. The third kappa shape index (κ3) is 2.84. The molecule has 0 aliphatic heterocycles. The van der Waals surface area contributed by atoms with Crippen LogP contribution in [0.25, 0.3) is 0 Å². The smallest absolute Gasteiger partial charge is 0.339 e. The van der Waals surface area contributed by atoms with Crippen molar-refractivity contribution in [1.29, 1.82) is 0 Å². The number of H-pyrrole nitrogens is 1. The predicted molar refractivity (Wildman–Crippen MR) is 68.1 cm³/mol. The summed E-state index contributed by atoms with van der Waals surface area (Å²) in [6.07, 6.45) is 3.43. The molecule has 94 valence electrons. The molecule has 1 aromatic heterocycles. The van der Waals surface area contributed by atoms with Crippen molar-refractivity contribution in [3.63, 3.8) is 0 Å². The number of rotatable bonds is 5. The van der Waals surface area contributed by atoms with E-state index in [9.17, 15) is 4.79 Å². The Morgan fingerprint density at radius 3 is 3.00 bits per heavy atom. The third-order valence-electron chi connectivity index (χ3n) is 2.34. The molecule has 18 heavy (non-hydrogen) atoms. The molecule has 0 spiro atoms. The van der Waals surface area contributed by atoms with Gasteiger partial charge in [0.15, 0.2) is 5.16 Å². The number of carboxylic acid groups (broad SMARTS) is 1. The topological polar surface area (TPSA) is 75.2 Å². The molecule has 6 heteroatoms. The molecule has 0 saturated carbocycles. The number of ether oxygens (including phenoxy) is 1. The molecule has 0 fully saturated rings. The second kappa shape index (κ2) is 5.59. The molecule has 1 heterocycles. The van der Waals surface area contributed by atoms with Gasteiger partial charge in [-0.05, 0) is 17.7 Å². The molecule has 0 atom stereocenters. The summed E-state index contributed by atoms with van der Waals surface area (Å²) >= 11 is 1.51. The van der Waals surface area contributed by atoms with Gasteiger partial charge in [-0.3, -0.25) is 0 Å². The van der Waals surface area contributed by atoms with E-state index in [1.165, 1.54) is 18.9 Å². The number of carbonyl (C=O) groups is 1. The molecule has 0 aliphatic carbocycles. The maximum Gasteiger partial charge on any atom is 0.339 e. The molecule has 0 bridgehead atoms. The van der Waals surface area contributed by atoms with E-state index in [2.05, 4.69) is 9.97 Å². The van der Waals surface area contributed by atoms with Crippen molar-refractivity contribution in [3.8, 4) is 5.75 Å². The van der Waals surface area contributed by atoms with Crippen LogP contribution >= 0.6 is 11.8 Å². The highest BCUT2D eigenvalue weighted by atomic mass is 32.2. The van der Waals surface area contributed by atoms with Crippen LogP contribution < -0.4 is 4.74 Å². The monoisotopic (exact) mass is 264 g/mol. The molecule has 2 aromatic rings. The minimum atomic E-state index is -0.989. The van der Waals surface area contributed by atoms with Gasteiger partial charge < -0.3 is 14.8 Å². The lowest BCUT2D eigenvalue weighted by atomic mass is 10.1. The zero-order valence-corrected chi connectivity index (χ0v) is 10.5. The number of methoxy groups -OCH3 is 1. The number of carboxylic acids is 1. The van der Waals surface area contributed by atoms with Crippen LogP contribution in [0, 0.1) is 0 Å². The van der Waals surface area contributed by atoms with Gasteiger partial charge in [0.25, 0.3) is 0 Å². The van der Waals surface area contributed by atoms with Crippen molar-refractivity contribution >= 4 is 17.7 Å². The lowest BCUT2D eigenvalue weighted by Crippen LogP contribution is -2.01. The van der Waals surface area contributed by atoms with E-state index >= 15 is 0 Å². The lowest BCUT2D eigenvalue weighted by molar-refractivity contribution is 0.0693. The quantitative estimate of drug-likeness (QED) is 0.811. The largest absolute Gasteiger partial charge is 0.496 e. The molecular weight excluding hydrogens is 252 g/mol. The van der Waals surface area contributed by atoms with Crippen LogP contribution in [0.3, 0.4) is 0 Å². The van der Waals surface area contributed by atoms with Gasteiger partial charge in [-0.2, -0.15) is 0 Å². The average molecular weight is 264 g/mol. The van der Waals surface area contributed by atoms with E-state index in [4.69, 9.17) is 9.84 Å². The first-order valence-electron chi connectivity index (χ1n) is 5.23. The number of aromatic carboxylic acids is 1. The van der Waals surface area contributed by atoms with Gasteiger partial charge in [0.05, 0.1) is 7.11 Å². The van der Waals surface area contributed by atoms with Crippen molar-refractivity contribution in [2.24, 2.45) is 0 Å². The van der Waals surface area contributed by atoms with E-state index in [0.29, 0.717) is 11.5 Å². The molecule has 1 aromatic carbocycles. The molecule has 0 amide bonds. The highest BCUT2D eigenvalue weighted by Gasteiger charge is 2.11. The SMILES string of the molecule is COc1ccc(CSc2ncc[nH]2)cc1C(=O)O. The van der Waals surface area contributed by atoms with Gasteiger partial charge in [-0.15, -0.1) is 0 Å². The Labute approximate surface area is 108 Å². The minimum absolute atomic E-state index is 0.176. The van der Waals surface area contributed by atoms with Crippen LogP contribution in [0.2, 0.25) is 0 Å². The average Bonchev–Trinajstić information content (AvgIpc) is 2.89. The highest BCUT2D eigenvalue weighted by Crippen LogP contribution is 2.24. The van der Waals surface area contributed by atoms with Crippen LogP contribution in [-0.4, -0.2) is 28.2 Å². The Morgan fingerprint density at radius 2 is 2.39 bits per heavy atom. The summed E-state index contributed by atoms with van der Waals surface area (Å²) in [5.74, 6) is 0.0311. The fraction of sp³-hybridized carbons (Fsp3) is 0.167. The van der Waals surface area contributed by atoms with Gasteiger partial charge >= 0.3 is 5.97 Å². The van der Waals surface area contributed by atoms with Crippen molar-refractivity contribution in [2.75, 3.05) is 7.11 Å². The van der Waals surface area contributed by atoms with E-state index in [-0.39, 0.29) is 5.56 Å². The fourth-order valence-electron chi connectivity index (χ4n) is 1.49. The van der Waals surface area contributed by atoms with Crippen molar-refractivity contribution in [3.05, 3.63) is 41.7 Å². The normalized spacial score (nSPS) is 10.3. The molecular formula is C12H12N2O3S. The number of hydrogen-bond donors (Lipinski definition) is 2. The minimum Gasteiger partial charge on any atom is -0.496 e. The van der Waals surface area contributed by atoms with Gasteiger partial charge in [0.2, 0.25) is 0 Å². The Kier molecular flexibility index (Phi) is 3.88. The number of hydrogen-bond acceptors (Lipinski definition) is 4. The first-order chi connectivity index (χ1) is 8.70. The Hall–Kier alpha value is -1.95. The molecule has 0 saturated heterocycles. The van der Waals surface area contributed by atoms with E-state index in [1.54, 1.807) is 24.5 Å². The summed E-state index contributed by atoms with van der Waals surface area (Å²) in [7, 11) is 1.46. The van der Waals surface area contributed by atoms with Crippen LogP contribution in [0.15, 0.2) is 35.7 Å². The third-order valence-corrected chi connectivity index (χ3v) is 3.32. The van der Waals surface area contributed by atoms with E-state index < -0.39 is 5.97 Å². The number of aromatic amines is 1. The molecule has 5 nitrogen and oxygen atoms in total. The summed E-state index contributed by atoms with van der Waals surface area (Å²) in [4.78, 5) is 18.1. The van der Waals surface area contributed by atoms with Crippen molar-refractivity contribution < 1.29 is 14.6 Å². The van der Waals surface area contributed by atoms with Crippen LogP contribution in [0.1, 0.15) is 15.9 Å². The Morgan fingerprint density at radius 1 is 1.56 bits per heavy atom. The predicted octanol–water partition coefficient (Wildman–Crippen LogP) is 2.41. The first kappa shape index (κ1) is 12.5. The molecule has 0 aliphatic rings. The number of nitrogens with zero attached hydrogens (tertiary/aromatic N) is 1. The van der Waals surface area contributed by atoms with E-state index in [0.717, 1.165) is 10.7 Å². The van der Waals surface area contributed by atoms with Gasteiger partial charge in [0, 0.05) is 18.1 Å². The number of benzene rings is 1. The second-order valence-corrected chi connectivity index (χ2v) is 4.49. The fourth-order valence-corrected chi connectivity index (χ4v) is 2.26. The Balaban J connectivity index is 2.14. The van der Waals surface area contributed by atoms with Gasteiger partial charge in [-0.1, -0.05) is 17.8 Å². The zero-order chi connectivity index (χ0) is 13.0. The van der Waals surface area contributed by atoms with Gasteiger partial charge in [0.1, 0.15) is 11.3 Å². The van der Waals surface area contributed by atoms with Crippen molar-refractivity contribution in [1.82, 2.24) is 9.97 Å². The van der Waals surface area contributed by atoms with Crippen LogP contribution in [0.4, 0.5) is 0 Å². The lowest BCUT2D eigenvalue weighted by Gasteiger charge is -2.07. The standard InChI is InChI=1S/C12H12N2O3S/c1-17-10-3-2-8(6-9(10)11(15)16)7-18-12-13-4-5-14-12/h2-6H,7H2,1H3,(H,13,14)(H,15,16). The molecule has 2 N–H and O–H groups in total. The summed E-state index contributed by atoms with van der Waals surface area (Å²) in [6, 6.07) is 5.14. The summed E-state index contributed by atoms with van der Waals surface area (Å²) in [5.41, 5.74) is 1.09. The zero-order valence-electron chi connectivity index (χ0n) is 9.71. The molecule has 0 unspecified atom stereocenters. The Bertz CT molecular complexity index is 540. The summed E-state index contributed by atoms with van der Waals surface area (Å²) < 4.78 is 5.01. The first-order valence-corrected chi connectivity index (χ1v) is 6.21. The summed E-state index contributed by atoms with van der Waals surface area (Å²) in [5, 5.41) is 9.88. The van der Waals surface area contributed by atoms with E-state index in [1.807, 2.05) is 6.07 Å². The summed E-state index contributed by atoms with van der Waals surface area (Å²) in [6.45, 7) is 0. The maximum absolute atomic E-state index is 11.1. The van der Waals surface area contributed by atoms with Crippen LogP contribution in [0.5, 0.6) is 5.75 Å². The number of imidazole rings is 1. The maximum atomic E-state index is 11.1. The van der Waals surface area contributed by atoms with Crippen LogP contribution in [-0.2, 0) is 5.75 Å². The number of nitrogens with one attached hydrogen (secondary N) is 1. The highest BCUT2D eigenvalue weighted by molar-refractivity contribution is 7.98.